The number of nitrogens with two attached hydrogens (primary N) is 1. The van der Waals surface area contributed by atoms with E-state index in [1.807, 2.05) is 11.4 Å². The molecular weight excluding hydrogens is 292 g/mol. The summed E-state index contributed by atoms with van der Waals surface area (Å²) in [5.41, 5.74) is 12.3. The number of anilines is 1. The van der Waals surface area contributed by atoms with Gasteiger partial charge in [-0.15, -0.1) is 11.3 Å². The van der Waals surface area contributed by atoms with Gasteiger partial charge in [0.15, 0.2) is 0 Å². The first-order valence-corrected chi connectivity index (χ1v) is 8.41. The first kappa shape index (κ1) is 13.7. The van der Waals surface area contributed by atoms with Crippen LogP contribution in [0.5, 0.6) is 0 Å². The molecule has 1 aliphatic rings. The van der Waals surface area contributed by atoms with Crippen molar-refractivity contribution in [2.24, 2.45) is 0 Å². The summed E-state index contributed by atoms with van der Waals surface area (Å²) in [4.78, 5) is 4.75. The molecule has 0 fully saturated rings. The lowest BCUT2D eigenvalue weighted by molar-refractivity contribution is 0.147. The number of aliphatic hydroxyl groups excluding tert-OH is 1. The average molecular weight is 310 g/mol. The third-order valence-electron chi connectivity index (χ3n) is 4.58. The van der Waals surface area contributed by atoms with Gasteiger partial charge < -0.3 is 10.8 Å². The zero-order valence-corrected chi connectivity index (χ0v) is 13.2. The number of aryl methyl sites for hydroxylation is 1. The molecule has 0 saturated carbocycles. The van der Waals surface area contributed by atoms with Crippen molar-refractivity contribution in [3.05, 3.63) is 58.1 Å². The van der Waals surface area contributed by atoms with Gasteiger partial charge in [0.2, 0.25) is 0 Å². The van der Waals surface area contributed by atoms with Crippen molar-refractivity contribution >= 4 is 27.2 Å². The molecule has 4 heteroatoms. The van der Waals surface area contributed by atoms with Crippen LogP contribution in [0.4, 0.5) is 5.69 Å². The minimum atomic E-state index is -0.533. The maximum absolute atomic E-state index is 10.6. The number of aliphatic hydroxyl groups is 1. The van der Waals surface area contributed by atoms with Crippen molar-refractivity contribution in [1.29, 1.82) is 0 Å². The highest BCUT2D eigenvalue weighted by Crippen LogP contribution is 2.43. The van der Waals surface area contributed by atoms with Crippen LogP contribution in [0.3, 0.4) is 0 Å². The molecule has 0 aliphatic heterocycles. The standard InChI is InChI=1S/C18H18N2OS/c1-10-2-4-11(5-3-10)12-8-14-16(15(21)9-12)17(19)18-13(20-14)6-7-22-18/h2-7,12,15,21H,8-9H2,1H3,(H2,19,20). The summed E-state index contributed by atoms with van der Waals surface area (Å²) < 4.78 is 0.992. The number of pyridine rings is 1. The molecule has 2 atom stereocenters. The topological polar surface area (TPSA) is 59.1 Å². The molecule has 1 aliphatic carbocycles. The van der Waals surface area contributed by atoms with Crippen LogP contribution >= 0.6 is 11.3 Å². The summed E-state index contributed by atoms with van der Waals surface area (Å²) in [5, 5.41) is 12.6. The fraction of sp³-hybridized carbons (Fsp3) is 0.278. The number of aromatic nitrogens is 1. The van der Waals surface area contributed by atoms with Crippen molar-refractivity contribution < 1.29 is 5.11 Å². The van der Waals surface area contributed by atoms with E-state index in [9.17, 15) is 5.11 Å². The van der Waals surface area contributed by atoms with E-state index >= 15 is 0 Å². The van der Waals surface area contributed by atoms with Gasteiger partial charge in [-0.1, -0.05) is 29.8 Å². The summed E-state index contributed by atoms with van der Waals surface area (Å²) in [6, 6.07) is 10.6. The average Bonchev–Trinajstić information content (AvgIpc) is 2.96. The van der Waals surface area contributed by atoms with Crippen LogP contribution in [-0.2, 0) is 6.42 Å². The van der Waals surface area contributed by atoms with Gasteiger partial charge in [-0.3, -0.25) is 4.98 Å². The van der Waals surface area contributed by atoms with E-state index in [-0.39, 0.29) is 0 Å². The Morgan fingerprint density at radius 2 is 2.00 bits per heavy atom. The van der Waals surface area contributed by atoms with Crippen LogP contribution in [0, 0.1) is 6.92 Å². The van der Waals surface area contributed by atoms with Gasteiger partial charge in [0.25, 0.3) is 0 Å². The summed E-state index contributed by atoms with van der Waals surface area (Å²) in [7, 11) is 0. The van der Waals surface area contributed by atoms with Crippen LogP contribution in [0.15, 0.2) is 35.7 Å². The maximum atomic E-state index is 10.6. The van der Waals surface area contributed by atoms with Crippen LogP contribution in [0.25, 0.3) is 10.2 Å². The van der Waals surface area contributed by atoms with E-state index in [0.717, 1.165) is 27.9 Å². The Kier molecular flexibility index (Phi) is 3.17. The second kappa shape index (κ2) is 5.07. The van der Waals surface area contributed by atoms with Gasteiger partial charge >= 0.3 is 0 Å². The van der Waals surface area contributed by atoms with Gasteiger partial charge in [0, 0.05) is 11.3 Å². The molecule has 1 aromatic carbocycles. The predicted octanol–water partition coefficient (Wildman–Crippen LogP) is 3.95. The number of nitrogens with zero attached hydrogens (tertiary/aromatic N) is 1. The Bertz CT molecular complexity index is 838. The van der Waals surface area contributed by atoms with Gasteiger partial charge in [-0.2, -0.15) is 0 Å². The molecule has 2 aromatic heterocycles. The third kappa shape index (κ3) is 2.11. The van der Waals surface area contributed by atoms with Crippen LogP contribution in [-0.4, -0.2) is 10.1 Å². The smallest absolute Gasteiger partial charge is 0.0834 e. The zero-order valence-electron chi connectivity index (χ0n) is 12.4. The fourth-order valence-corrected chi connectivity index (χ4v) is 4.20. The first-order valence-electron chi connectivity index (χ1n) is 7.53. The Balaban J connectivity index is 1.79. The molecule has 0 saturated heterocycles. The van der Waals surface area contributed by atoms with Gasteiger partial charge in [0.1, 0.15) is 0 Å². The van der Waals surface area contributed by atoms with Crippen molar-refractivity contribution in [3.63, 3.8) is 0 Å². The summed E-state index contributed by atoms with van der Waals surface area (Å²) in [6.45, 7) is 2.09. The number of fused-ring (bicyclic) bond motifs is 2. The van der Waals surface area contributed by atoms with Gasteiger partial charge in [-0.25, -0.2) is 0 Å². The summed E-state index contributed by atoms with van der Waals surface area (Å²) >= 11 is 1.59. The Labute approximate surface area is 133 Å². The summed E-state index contributed by atoms with van der Waals surface area (Å²) in [6.07, 6.45) is 1.01. The Hall–Kier alpha value is -1.91. The maximum Gasteiger partial charge on any atom is 0.0834 e. The van der Waals surface area contributed by atoms with Crippen LogP contribution in [0.1, 0.15) is 40.8 Å². The summed E-state index contributed by atoms with van der Waals surface area (Å²) in [5.74, 6) is 0.297. The largest absolute Gasteiger partial charge is 0.397 e. The minimum absolute atomic E-state index is 0.297. The molecular formula is C18H18N2OS. The van der Waals surface area contributed by atoms with E-state index in [1.54, 1.807) is 11.3 Å². The molecule has 4 rings (SSSR count). The Morgan fingerprint density at radius 3 is 2.77 bits per heavy atom. The van der Waals surface area contributed by atoms with Gasteiger partial charge in [-0.05, 0) is 42.7 Å². The number of benzene rings is 1. The molecule has 3 aromatic rings. The molecule has 0 spiro atoms. The van der Waals surface area contributed by atoms with Gasteiger partial charge in [0.05, 0.1) is 22.0 Å². The molecule has 22 heavy (non-hydrogen) atoms. The van der Waals surface area contributed by atoms with Crippen LogP contribution < -0.4 is 5.73 Å². The molecule has 0 bridgehead atoms. The van der Waals surface area contributed by atoms with Crippen molar-refractivity contribution in [3.8, 4) is 0 Å². The number of hydrogen-bond donors (Lipinski definition) is 2. The van der Waals surface area contributed by atoms with E-state index in [2.05, 4.69) is 31.2 Å². The zero-order chi connectivity index (χ0) is 15.3. The SMILES string of the molecule is Cc1ccc(C2Cc3nc4ccsc4c(N)c3C(O)C2)cc1. The quantitative estimate of drug-likeness (QED) is 0.715. The lowest BCUT2D eigenvalue weighted by atomic mass is 9.80. The molecule has 2 heterocycles. The molecule has 2 unspecified atom stereocenters. The first-order chi connectivity index (χ1) is 10.6. The number of hydrogen-bond acceptors (Lipinski definition) is 4. The second-order valence-electron chi connectivity index (χ2n) is 6.08. The highest BCUT2D eigenvalue weighted by atomic mass is 32.1. The third-order valence-corrected chi connectivity index (χ3v) is 5.51. The van der Waals surface area contributed by atoms with E-state index in [1.165, 1.54) is 11.1 Å². The lowest BCUT2D eigenvalue weighted by Crippen LogP contribution is -2.20. The predicted molar refractivity (Wildman–Crippen MR) is 91.2 cm³/mol. The monoisotopic (exact) mass is 310 g/mol. The highest BCUT2D eigenvalue weighted by Gasteiger charge is 2.30. The lowest BCUT2D eigenvalue weighted by Gasteiger charge is -2.29. The second-order valence-corrected chi connectivity index (χ2v) is 7.00. The number of thiophene rings is 1. The van der Waals surface area contributed by atoms with Crippen molar-refractivity contribution in [2.45, 2.75) is 31.8 Å². The van der Waals surface area contributed by atoms with Crippen molar-refractivity contribution in [2.75, 3.05) is 5.73 Å². The van der Waals surface area contributed by atoms with E-state index in [4.69, 9.17) is 10.7 Å². The molecule has 0 amide bonds. The van der Waals surface area contributed by atoms with Crippen LogP contribution in [0.2, 0.25) is 0 Å². The fourth-order valence-electron chi connectivity index (χ4n) is 3.40. The van der Waals surface area contributed by atoms with Crippen molar-refractivity contribution in [1.82, 2.24) is 4.98 Å². The molecule has 3 nitrogen and oxygen atoms in total. The highest BCUT2D eigenvalue weighted by molar-refractivity contribution is 7.17. The molecule has 3 N–H and O–H groups in total. The molecule has 0 radical (unpaired) electrons. The Morgan fingerprint density at radius 1 is 1.23 bits per heavy atom. The normalized spacial score (nSPS) is 21.0. The molecule has 112 valence electrons. The number of nitrogen functional groups attached to an aromatic ring is 1. The number of rotatable bonds is 1. The van der Waals surface area contributed by atoms with E-state index in [0.29, 0.717) is 18.0 Å². The van der Waals surface area contributed by atoms with E-state index < -0.39 is 6.10 Å². The minimum Gasteiger partial charge on any atom is -0.397 e.